The number of piperidine rings is 1. The highest BCUT2D eigenvalue weighted by Crippen LogP contribution is 2.35. The lowest BCUT2D eigenvalue weighted by Gasteiger charge is -2.37. The smallest absolute Gasteiger partial charge is 0.319 e. The fourth-order valence-corrected chi connectivity index (χ4v) is 10.4. The Hall–Kier alpha value is -5.85. The highest BCUT2D eigenvalue weighted by atomic mass is 19.1. The van der Waals surface area contributed by atoms with Gasteiger partial charge in [0.25, 0.3) is 5.91 Å². The van der Waals surface area contributed by atoms with Gasteiger partial charge in [0.1, 0.15) is 35.2 Å². The third kappa shape index (κ3) is 13.9. The number of carbonyl (C=O) groups excluding carboxylic acids is 2. The fraction of sp³-hybridized carbons (Fsp3) is 0.526. The normalized spacial score (nSPS) is 20.3. The second kappa shape index (κ2) is 26.1. The van der Waals surface area contributed by atoms with Crippen molar-refractivity contribution in [3.8, 4) is 23.0 Å². The summed E-state index contributed by atoms with van der Waals surface area (Å²) < 4.78 is 36.2. The molecule has 2 unspecified atom stereocenters. The number of anilines is 1. The van der Waals surface area contributed by atoms with E-state index < -0.39 is 11.6 Å². The first-order valence-corrected chi connectivity index (χ1v) is 26.4. The van der Waals surface area contributed by atoms with E-state index in [1.54, 1.807) is 36.2 Å². The molecule has 3 atom stereocenters. The third-order valence-corrected chi connectivity index (χ3v) is 14.9. The number of phenolic OH excluding ortho intramolecular Hbond substituents is 1. The molecule has 5 aromatic rings. The van der Waals surface area contributed by atoms with Crippen molar-refractivity contribution in [1.29, 1.82) is 0 Å². The average molecular weight is 1020 g/mol. The molecule has 3 aromatic carbocycles. The van der Waals surface area contributed by atoms with Crippen molar-refractivity contribution < 1.29 is 33.3 Å². The van der Waals surface area contributed by atoms with Gasteiger partial charge in [-0.15, -0.1) is 0 Å². The molecule has 5 aliphatic rings. The highest BCUT2D eigenvalue weighted by molar-refractivity contribution is 5.97. The summed E-state index contributed by atoms with van der Waals surface area (Å²) in [6.07, 6.45) is 7.24. The SMILES string of the molecule is CC1CCN(Cc2ccc3c(c2)CN(C(=O)c2cc(C(C)C)ccc2O)C3)CC1.CO.Cc1c(F)cccc1-c1ncc2c(N3CC(C)NC(C)C3)nc(OC[C@@H]3CCCN3C)nc2c1F.O=CN1CCNCC1. The molecule has 5 aliphatic heterocycles. The number of benzene rings is 3. The van der Waals surface area contributed by atoms with Crippen molar-refractivity contribution in [2.24, 2.45) is 5.92 Å². The number of nitrogens with zero attached hydrogens (tertiary/aromatic N) is 8. The number of aromatic hydroxyl groups is 1. The van der Waals surface area contributed by atoms with Gasteiger partial charge >= 0.3 is 6.01 Å². The average Bonchev–Trinajstić information content (AvgIpc) is 4.03. The van der Waals surface area contributed by atoms with E-state index in [2.05, 4.69) is 95.2 Å². The van der Waals surface area contributed by atoms with Gasteiger partial charge in [-0.1, -0.05) is 57.2 Å². The van der Waals surface area contributed by atoms with Crippen molar-refractivity contribution in [2.45, 2.75) is 111 Å². The van der Waals surface area contributed by atoms with Crippen LogP contribution >= 0.6 is 0 Å². The Bertz CT molecular complexity index is 2670. The minimum atomic E-state index is -0.598. The molecule has 2 amide bonds. The molecule has 17 heteroatoms. The van der Waals surface area contributed by atoms with Gasteiger partial charge in [-0.05, 0) is 131 Å². The topological polar surface area (TPSA) is 163 Å². The number of pyridine rings is 1. The van der Waals surface area contributed by atoms with Gasteiger partial charge in [0.15, 0.2) is 5.82 Å². The number of ether oxygens (including phenoxy) is 1. The number of rotatable bonds is 10. The van der Waals surface area contributed by atoms with E-state index in [1.807, 2.05) is 17.0 Å². The van der Waals surface area contributed by atoms with Crippen molar-refractivity contribution in [1.82, 2.24) is 45.2 Å². The summed E-state index contributed by atoms with van der Waals surface area (Å²) in [4.78, 5) is 47.3. The van der Waals surface area contributed by atoms with Crippen LogP contribution in [0.3, 0.4) is 0 Å². The number of amides is 2. The van der Waals surface area contributed by atoms with Gasteiger partial charge in [0, 0.05) is 95.9 Å². The molecule has 400 valence electrons. The molecule has 0 saturated carbocycles. The predicted molar refractivity (Wildman–Crippen MR) is 287 cm³/mol. The fourth-order valence-electron chi connectivity index (χ4n) is 10.4. The Balaban J connectivity index is 0.000000185. The molecule has 4 saturated heterocycles. The molecule has 15 nitrogen and oxygen atoms in total. The van der Waals surface area contributed by atoms with Crippen LogP contribution in [0.15, 0.2) is 60.8 Å². The minimum absolute atomic E-state index is 0.0652. The Morgan fingerprint density at radius 1 is 0.905 bits per heavy atom. The molecule has 2 aromatic heterocycles. The van der Waals surface area contributed by atoms with Gasteiger partial charge in [-0.2, -0.15) is 9.97 Å². The zero-order valence-corrected chi connectivity index (χ0v) is 44.7. The van der Waals surface area contributed by atoms with Crippen LogP contribution in [-0.4, -0.2) is 155 Å². The van der Waals surface area contributed by atoms with E-state index in [1.165, 1.54) is 48.7 Å². The van der Waals surface area contributed by atoms with Crippen molar-refractivity contribution in [2.75, 3.05) is 84.6 Å². The Morgan fingerprint density at radius 2 is 1.62 bits per heavy atom. The number of aliphatic hydroxyl groups is 1. The number of aliphatic hydroxyl groups excluding tert-OH is 1. The molecule has 0 radical (unpaired) electrons. The Labute approximate surface area is 436 Å². The number of likely N-dealkylation sites (tertiary alicyclic amines) is 2. The standard InChI is InChI=1S/C26H32F2N6O.C25H32N2O2.C5H10N2O.CH4O/c1-15-12-34(13-16(2)30-15)25-20-11-29-23(19-8-5-9-21(27)17(19)3)22(28)24(20)31-26(32-25)35-14-18-7-6-10-33(18)4;1-17(2)20-6-7-24(28)23(13-20)25(29)27-15-21-5-4-19(12-22(21)16-27)14-26-10-8-18(3)9-11-26;8-5-7-3-1-6-2-4-7;1-2/h5,8-9,11,15-16,18,30H,6-7,10,12-14H2,1-4H3;4-7,12-13,17-18,28H,8-11,14-16H2,1-3H3;5-6H,1-4H2;2H,1H3/t15?,16?,18-;;;/m0.../s1. The molecule has 4 N–H and O–H groups in total. The summed E-state index contributed by atoms with van der Waals surface area (Å²) in [7, 11) is 3.08. The summed E-state index contributed by atoms with van der Waals surface area (Å²) >= 11 is 0. The van der Waals surface area contributed by atoms with Crippen LogP contribution in [0.5, 0.6) is 11.8 Å². The lowest BCUT2D eigenvalue weighted by atomic mass is 9.98. The number of nitrogens with one attached hydrogen (secondary N) is 2. The lowest BCUT2D eigenvalue weighted by Crippen LogP contribution is -2.54. The molecule has 7 heterocycles. The molecule has 10 rings (SSSR count). The van der Waals surface area contributed by atoms with E-state index in [-0.39, 0.29) is 47.0 Å². The first kappa shape index (κ1) is 55.9. The molecular weight excluding hydrogens is 943 g/mol. The van der Waals surface area contributed by atoms with Crippen LogP contribution < -0.4 is 20.3 Å². The molecule has 74 heavy (non-hydrogen) atoms. The van der Waals surface area contributed by atoms with Gasteiger partial charge in [0.05, 0.1) is 10.9 Å². The van der Waals surface area contributed by atoms with Crippen molar-refractivity contribution >= 4 is 29.0 Å². The largest absolute Gasteiger partial charge is 0.507 e. The van der Waals surface area contributed by atoms with Crippen LogP contribution in [0.2, 0.25) is 0 Å². The maximum Gasteiger partial charge on any atom is 0.319 e. The zero-order valence-electron chi connectivity index (χ0n) is 44.7. The maximum absolute atomic E-state index is 16.0. The first-order valence-electron chi connectivity index (χ1n) is 26.4. The number of halogens is 2. The molecule has 0 bridgehead atoms. The number of hydrogen-bond donors (Lipinski definition) is 4. The van der Waals surface area contributed by atoms with E-state index in [4.69, 9.17) is 14.8 Å². The minimum Gasteiger partial charge on any atom is -0.507 e. The lowest BCUT2D eigenvalue weighted by molar-refractivity contribution is -0.118. The van der Waals surface area contributed by atoms with Crippen LogP contribution in [0.25, 0.3) is 22.2 Å². The van der Waals surface area contributed by atoms with Crippen LogP contribution in [0, 0.1) is 24.5 Å². The highest BCUT2D eigenvalue weighted by Gasteiger charge is 2.30. The number of carbonyl (C=O) groups is 2. The number of piperazine rings is 2. The number of likely N-dealkylation sites (N-methyl/N-ethyl adjacent to an activating group) is 1. The van der Waals surface area contributed by atoms with E-state index in [9.17, 15) is 19.1 Å². The van der Waals surface area contributed by atoms with Crippen LogP contribution in [0.1, 0.15) is 104 Å². The van der Waals surface area contributed by atoms with Gasteiger partial charge in [0.2, 0.25) is 6.41 Å². The quantitative estimate of drug-likeness (QED) is 0.102. The van der Waals surface area contributed by atoms with Crippen LogP contribution in [0.4, 0.5) is 14.6 Å². The van der Waals surface area contributed by atoms with Gasteiger partial charge in [-0.3, -0.25) is 19.5 Å². The summed E-state index contributed by atoms with van der Waals surface area (Å²) in [6, 6.07) is 17.5. The predicted octanol–water partition coefficient (Wildman–Crippen LogP) is 7.50. The van der Waals surface area contributed by atoms with E-state index in [0.29, 0.717) is 66.6 Å². The molecule has 0 spiro atoms. The van der Waals surface area contributed by atoms with Crippen molar-refractivity contribution in [3.05, 3.63) is 106 Å². The number of hydrogen-bond acceptors (Lipinski definition) is 13. The summed E-state index contributed by atoms with van der Waals surface area (Å²) in [5.41, 5.74) is 6.22. The monoisotopic (exact) mass is 1020 g/mol. The van der Waals surface area contributed by atoms with Gasteiger partial charge < -0.3 is 45.2 Å². The van der Waals surface area contributed by atoms with E-state index >= 15 is 4.39 Å². The van der Waals surface area contributed by atoms with E-state index in [0.717, 1.165) is 77.1 Å². The molecule has 4 fully saturated rings. The van der Waals surface area contributed by atoms with Gasteiger partial charge in [-0.25, -0.2) is 8.78 Å². The second-order valence-electron chi connectivity index (χ2n) is 20.9. The number of aromatic nitrogens is 3. The third-order valence-electron chi connectivity index (χ3n) is 14.9. The maximum atomic E-state index is 16.0. The summed E-state index contributed by atoms with van der Waals surface area (Å²) in [5.74, 6) is 0.747. The summed E-state index contributed by atoms with van der Waals surface area (Å²) in [6.45, 7) is 23.5. The Morgan fingerprint density at radius 3 is 2.28 bits per heavy atom. The number of phenols is 1. The zero-order chi connectivity index (χ0) is 53.1. The first-order chi connectivity index (χ1) is 35.6. The summed E-state index contributed by atoms with van der Waals surface area (Å²) in [5, 5.41) is 24.4. The molecule has 0 aliphatic carbocycles. The Kier molecular flexibility index (Phi) is 19.7. The van der Waals surface area contributed by atoms with Crippen molar-refractivity contribution in [3.63, 3.8) is 0 Å². The molecular formula is C57H78F2N10O5. The second-order valence-corrected chi connectivity index (χ2v) is 20.9. The van der Waals surface area contributed by atoms with Crippen LogP contribution in [-0.2, 0) is 24.4 Å². The number of fused-ring (bicyclic) bond motifs is 2.